The molecule has 1 fully saturated rings. The van der Waals surface area contributed by atoms with Gasteiger partial charge < -0.3 is 10.2 Å². The third kappa shape index (κ3) is 5.19. The summed E-state index contributed by atoms with van der Waals surface area (Å²) in [6.07, 6.45) is -2.76. The third-order valence-electron chi connectivity index (χ3n) is 4.52. The summed E-state index contributed by atoms with van der Waals surface area (Å²) in [5.74, 6) is -0.210. The molecule has 1 aromatic carbocycles. The van der Waals surface area contributed by atoms with Gasteiger partial charge in [-0.1, -0.05) is 12.1 Å². The second-order valence-electron chi connectivity index (χ2n) is 6.35. The average Bonchev–Trinajstić information content (AvgIpc) is 2.68. The monoisotopic (exact) mass is 378 g/mol. The summed E-state index contributed by atoms with van der Waals surface area (Å²) in [5.41, 5.74) is 0.347. The van der Waals surface area contributed by atoms with Gasteiger partial charge >= 0.3 is 6.18 Å². The van der Waals surface area contributed by atoms with Crippen LogP contribution >= 0.6 is 0 Å². The van der Waals surface area contributed by atoms with E-state index >= 15 is 0 Å². The van der Waals surface area contributed by atoms with Crippen LogP contribution in [0.1, 0.15) is 16.1 Å². The van der Waals surface area contributed by atoms with Crippen LogP contribution in [0.2, 0.25) is 0 Å². The molecule has 0 spiro atoms. The number of hydrogen-bond donors (Lipinski definition) is 1. The van der Waals surface area contributed by atoms with Crippen LogP contribution in [0.25, 0.3) is 0 Å². The van der Waals surface area contributed by atoms with E-state index in [1.165, 1.54) is 12.1 Å². The minimum Gasteiger partial charge on any atom is -0.369 e. The number of carbonyl (C=O) groups is 1. The van der Waals surface area contributed by atoms with Crippen molar-refractivity contribution in [1.82, 2.24) is 15.2 Å². The number of pyridine rings is 1. The Kier molecular flexibility index (Phi) is 5.95. The van der Waals surface area contributed by atoms with Crippen LogP contribution in [-0.4, -0.2) is 55.1 Å². The first kappa shape index (κ1) is 19.2. The van der Waals surface area contributed by atoms with Gasteiger partial charge in [-0.25, -0.2) is 0 Å². The van der Waals surface area contributed by atoms with Crippen LogP contribution < -0.4 is 10.2 Å². The smallest absolute Gasteiger partial charge is 0.369 e. The number of rotatable bonds is 5. The van der Waals surface area contributed by atoms with Crippen molar-refractivity contribution in [3.8, 4) is 0 Å². The van der Waals surface area contributed by atoms with Crippen LogP contribution in [0, 0.1) is 0 Å². The lowest BCUT2D eigenvalue weighted by Crippen LogP contribution is -2.48. The van der Waals surface area contributed by atoms with E-state index in [-0.39, 0.29) is 5.91 Å². The first-order chi connectivity index (χ1) is 12.9. The fourth-order valence-corrected chi connectivity index (χ4v) is 3.02. The molecule has 1 saturated heterocycles. The van der Waals surface area contributed by atoms with Gasteiger partial charge in [0.25, 0.3) is 5.91 Å². The van der Waals surface area contributed by atoms with Crippen LogP contribution in [0.5, 0.6) is 0 Å². The summed E-state index contributed by atoms with van der Waals surface area (Å²) in [6, 6.07) is 10.6. The van der Waals surface area contributed by atoms with Gasteiger partial charge in [-0.3, -0.25) is 14.7 Å². The van der Waals surface area contributed by atoms with Gasteiger partial charge in [0, 0.05) is 51.2 Å². The Morgan fingerprint density at radius 1 is 1.07 bits per heavy atom. The topological polar surface area (TPSA) is 48.5 Å². The number of alkyl halides is 3. The van der Waals surface area contributed by atoms with Gasteiger partial charge in [0.05, 0.1) is 5.56 Å². The Morgan fingerprint density at radius 2 is 1.85 bits per heavy atom. The van der Waals surface area contributed by atoms with E-state index < -0.39 is 11.7 Å². The molecule has 144 valence electrons. The fraction of sp³-hybridized carbons (Fsp3) is 0.368. The lowest BCUT2D eigenvalue weighted by Gasteiger charge is -2.36. The zero-order chi connectivity index (χ0) is 19.3. The Labute approximate surface area is 155 Å². The number of nitrogens with one attached hydrogen (secondary N) is 1. The van der Waals surface area contributed by atoms with Crippen molar-refractivity contribution in [2.24, 2.45) is 0 Å². The van der Waals surface area contributed by atoms with Crippen molar-refractivity contribution in [2.75, 3.05) is 44.2 Å². The van der Waals surface area contributed by atoms with Crippen molar-refractivity contribution in [3.63, 3.8) is 0 Å². The molecule has 1 aliphatic rings. The van der Waals surface area contributed by atoms with E-state index in [2.05, 4.69) is 15.2 Å². The number of piperazine rings is 1. The SMILES string of the molecule is O=C(NCCN1CCN(c2cccc(C(F)(F)F)c2)CC1)c1ccccn1. The maximum absolute atomic E-state index is 12.9. The van der Waals surface area contributed by atoms with Crippen LogP contribution in [-0.2, 0) is 6.18 Å². The number of hydrogen-bond acceptors (Lipinski definition) is 4. The second kappa shape index (κ2) is 8.39. The lowest BCUT2D eigenvalue weighted by atomic mass is 10.1. The highest BCUT2D eigenvalue weighted by Gasteiger charge is 2.31. The lowest BCUT2D eigenvalue weighted by molar-refractivity contribution is -0.137. The minimum atomic E-state index is -4.33. The Morgan fingerprint density at radius 3 is 2.52 bits per heavy atom. The molecule has 2 heterocycles. The number of halogens is 3. The number of anilines is 1. The van der Waals surface area contributed by atoms with E-state index in [4.69, 9.17) is 0 Å². The zero-order valence-corrected chi connectivity index (χ0v) is 14.7. The predicted molar refractivity (Wildman–Crippen MR) is 96.7 cm³/mol. The predicted octanol–water partition coefficient (Wildman–Crippen LogP) is 2.65. The van der Waals surface area contributed by atoms with E-state index in [0.717, 1.165) is 19.2 Å². The summed E-state index contributed by atoms with van der Waals surface area (Å²) in [5, 5.41) is 2.83. The first-order valence-electron chi connectivity index (χ1n) is 8.77. The molecule has 0 radical (unpaired) electrons. The summed E-state index contributed by atoms with van der Waals surface area (Å²) in [4.78, 5) is 20.1. The molecule has 0 bridgehead atoms. The molecular weight excluding hydrogens is 357 g/mol. The van der Waals surface area contributed by atoms with E-state index in [0.29, 0.717) is 37.6 Å². The Hall–Kier alpha value is -2.61. The maximum Gasteiger partial charge on any atom is 0.416 e. The number of nitrogens with zero attached hydrogens (tertiary/aromatic N) is 3. The number of amides is 1. The zero-order valence-electron chi connectivity index (χ0n) is 14.7. The molecule has 5 nitrogen and oxygen atoms in total. The summed E-state index contributed by atoms with van der Waals surface area (Å²) < 4.78 is 38.6. The maximum atomic E-state index is 12.9. The van der Waals surface area contributed by atoms with Crippen molar-refractivity contribution in [2.45, 2.75) is 6.18 Å². The molecule has 1 aromatic heterocycles. The molecule has 8 heteroatoms. The quantitative estimate of drug-likeness (QED) is 0.869. The van der Waals surface area contributed by atoms with E-state index in [1.54, 1.807) is 30.5 Å². The number of benzene rings is 1. The summed E-state index contributed by atoms with van der Waals surface area (Å²) in [6.45, 7) is 3.95. The minimum absolute atomic E-state index is 0.210. The van der Waals surface area contributed by atoms with Crippen molar-refractivity contribution in [1.29, 1.82) is 0 Å². The largest absolute Gasteiger partial charge is 0.416 e. The third-order valence-corrected chi connectivity index (χ3v) is 4.52. The highest BCUT2D eigenvalue weighted by molar-refractivity contribution is 5.92. The fourth-order valence-electron chi connectivity index (χ4n) is 3.02. The van der Waals surface area contributed by atoms with Crippen LogP contribution in [0.3, 0.4) is 0 Å². The van der Waals surface area contributed by atoms with Crippen molar-refractivity contribution in [3.05, 3.63) is 59.9 Å². The van der Waals surface area contributed by atoms with Gasteiger partial charge in [-0.15, -0.1) is 0 Å². The average molecular weight is 378 g/mol. The van der Waals surface area contributed by atoms with Gasteiger partial charge in [0.15, 0.2) is 0 Å². The molecule has 2 aromatic rings. The molecule has 0 saturated carbocycles. The second-order valence-corrected chi connectivity index (χ2v) is 6.35. The molecule has 0 aliphatic carbocycles. The number of carbonyl (C=O) groups excluding carboxylic acids is 1. The molecule has 3 rings (SSSR count). The molecule has 0 atom stereocenters. The van der Waals surface area contributed by atoms with Crippen LogP contribution in [0.15, 0.2) is 48.7 Å². The van der Waals surface area contributed by atoms with Gasteiger partial charge in [0.2, 0.25) is 0 Å². The molecule has 1 N–H and O–H groups in total. The normalized spacial score (nSPS) is 15.6. The summed E-state index contributed by atoms with van der Waals surface area (Å²) in [7, 11) is 0. The number of aromatic nitrogens is 1. The highest BCUT2D eigenvalue weighted by Crippen LogP contribution is 2.31. The van der Waals surface area contributed by atoms with Crippen molar-refractivity contribution >= 4 is 11.6 Å². The summed E-state index contributed by atoms with van der Waals surface area (Å²) >= 11 is 0. The van der Waals surface area contributed by atoms with E-state index in [1.807, 2.05) is 4.90 Å². The standard InChI is InChI=1S/C19H21F3N4O/c20-19(21,22)15-4-3-5-16(14-15)26-12-10-25(11-13-26)9-8-24-18(27)17-6-1-2-7-23-17/h1-7,14H,8-13H2,(H,24,27). The van der Waals surface area contributed by atoms with Crippen LogP contribution in [0.4, 0.5) is 18.9 Å². The van der Waals surface area contributed by atoms with Crippen molar-refractivity contribution < 1.29 is 18.0 Å². The van der Waals surface area contributed by atoms with E-state index in [9.17, 15) is 18.0 Å². The molecular formula is C19H21F3N4O. The van der Waals surface area contributed by atoms with Gasteiger partial charge in [-0.05, 0) is 30.3 Å². The molecule has 27 heavy (non-hydrogen) atoms. The van der Waals surface area contributed by atoms with Gasteiger partial charge in [-0.2, -0.15) is 13.2 Å². The van der Waals surface area contributed by atoms with Gasteiger partial charge in [0.1, 0.15) is 5.69 Å². The molecule has 1 aliphatic heterocycles. The molecule has 1 amide bonds. The highest BCUT2D eigenvalue weighted by atomic mass is 19.4. The first-order valence-corrected chi connectivity index (χ1v) is 8.77. The Bertz CT molecular complexity index is 759. The molecule has 0 unspecified atom stereocenters. The Balaban J connectivity index is 1.45.